The summed E-state index contributed by atoms with van der Waals surface area (Å²) >= 11 is 7.45. The van der Waals surface area contributed by atoms with Gasteiger partial charge in [0.15, 0.2) is 15.6 Å². The lowest BCUT2D eigenvalue weighted by atomic mass is 10.2. The molecule has 0 aliphatic carbocycles. The van der Waals surface area contributed by atoms with Crippen LogP contribution >= 0.6 is 23.4 Å². The van der Waals surface area contributed by atoms with Crippen molar-refractivity contribution in [2.75, 3.05) is 17.3 Å². The Morgan fingerprint density at radius 3 is 2.58 bits per heavy atom. The first-order valence-electron chi connectivity index (χ1n) is 8.51. The maximum absolute atomic E-state index is 12.6. The van der Waals surface area contributed by atoms with E-state index in [1.165, 1.54) is 0 Å². The molecule has 3 rings (SSSR count). The lowest BCUT2D eigenvalue weighted by Crippen LogP contribution is -2.14. The molecule has 0 spiro atoms. The molecule has 0 amide bonds. The molecule has 1 atom stereocenters. The normalized spacial score (nSPS) is 19.0. The van der Waals surface area contributed by atoms with E-state index in [1.54, 1.807) is 11.8 Å². The van der Waals surface area contributed by atoms with E-state index in [4.69, 9.17) is 11.6 Å². The van der Waals surface area contributed by atoms with E-state index < -0.39 is 9.84 Å². The SMILES string of the molecule is Cc1cc(C(=O)CSCc2ccc(Cl)cc2)c(C)n1[C@H]1CCS(=O)(=O)C1. The fourth-order valence-corrected chi connectivity index (χ4v) is 6.22. The monoisotopic (exact) mass is 411 g/mol. The first-order valence-corrected chi connectivity index (χ1v) is 11.9. The van der Waals surface area contributed by atoms with Gasteiger partial charge < -0.3 is 4.57 Å². The summed E-state index contributed by atoms with van der Waals surface area (Å²) in [5, 5.41) is 0.705. The molecule has 4 nitrogen and oxygen atoms in total. The molecule has 140 valence electrons. The number of carbonyl (C=O) groups excluding carboxylic acids is 1. The summed E-state index contributed by atoms with van der Waals surface area (Å²) in [5.41, 5.74) is 3.67. The van der Waals surface area contributed by atoms with Crippen molar-refractivity contribution in [1.29, 1.82) is 0 Å². The number of halogens is 1. The first kappa shape index (κ1) is 19.5. The topological polar surface area (TPSA) is 56.1 Å². The molecule has 2 aromatic rings. The fraction of sp³-hybridized carbons (Fsp3) is 0.421. The highest BCUT2D eigenvalue weighted by molar-refractivity contribution is 7.99. The van der Waals surface area contributed by atoms with Gasteiger partial charge in [0.2, 0.25) is 0 Å². The van der Waals surface area contributed by atoms with Crippen molar-refractivity contribution in [3.63, 3.8) is 0 Å². The van der Waals surface area contributed by atoms with Crippen molar-refractivity contribution in [3.8, 4) is 0 Å². The Morgan fingerprint density at radius 2 is 1.96 bits per heavy atom. The van der Waals surface area contributed by atoms with Crippen LogP contribution in [0.5, 0.6) is 0 Å². The number of rotatable bonds is 6. The van der Waals surface area contributed by atoms with Crippen LogP contribution in [0.3, 0.4) is 0 Å². The predicted octanol–water partition coefficient (Wildman–Crippen LogP) is 4.23. The minimum Gasteiger partial charge on any atom is -0.344 e. The minimum absolute atomic E-state index is 0.0525. The number of hydrogen-bond acceptors (Lipinski definition) is 4. The Balaban J connectivity index is 1.66. The van der Waals surface area contributed by atoms with E-state index in [0.29, 0.717) is 22.8 Å². The Hall–Kier alpha value is -1.24. The van der Waals surface area contributed by atoms with Crippen LogP contribution in [0.2, 0.25) is 5.02 Å². The minimum atomic E-state index is -2.96. The number of benzene rings is 1. The lowest BCUT2D eigenvalue weighted by molar-refractivity contribution is 0.102. The molecule has 1 saturated heterocycles. The smallest absolute Gasteiger partial charge is 0.174 e. The second kappa shape index (κ2) is 7.79. The number of sulfone groups is 1. The summed E-state index contributed by atoms with van der Waals surface area (Å²) in [6.45, 7) is 3.85. The van der Waals surface area contributed by atoms with Gasteiger partial charge in [0.1, 0.15) is 0 Å². The molecule has 1 aliphatic heterocycles. The third-order valence-electron chi connectivity index (χ3n) is 4.77. The van der Waals surface area contributed by atoms with Crippen LogP contribution in [0.4, 0.5) is 0 Å². The quantitative estimate of drug-likeness (QED) is 0.667. The van der Waals surface area contributed by atoms with Gasteiger partial charge in [-0.05, 0) is 44.0 Å². The van der Waals surface area contributed by atoms with Crippen LogP contribution in [-0.2, 0) is 15.6 Å². The van der Waals surface area contributed by atoms with Crippen LogP contribution in [0.25, 0.3) is 0 Å². The summed E-state index contributed by atoms with van der Waals surface area (Å²) < 4.78 is 25.6. The molecule has 0 N–H and O–H groups in total. The molecule has 1 aliphatic rings. The molecule has 1 fully saturated rings. The van der Waals surface area contributed by atoms with Gasteiger partial charge in [-0.2, -0.15) is 0 Å². The molecular formula is C19H22ClNO3S2. The van der Waals surface area contributed by atoms with E-state index in [1.807, 2.05) is 48.7 Å². The lowest BCUT2D eigenvalue weighted by Gasteiger charge is -2.16. The van der Waals surface area contributed by atoms with Crippen LogP contribution in [0.15, 0.2) is 30.3 Å². The average Bonchev–Trinajstić information content (AvgIpc) is 3.08. The van der Waals surface area contributed by atoms with Crippen LogP contribution in [-0.4, -0.2) is 36.0 Å². The Labute approximate surface area is 163 Å². The number of aromatic nitrogens is 1. The third-order valence-corrected chi connectivity index (χ3v) is 7.78. The highest BCUT2D eigenvalue weighted by Crippen LogP contribution is 2.29. The molecule has 0 bridgehead atoms. The summed E-state index contributed by atoms with van der Waals surface area (Å²) in [5.74, 6) is 1.64. The van der Waals surface area contributed by atoms with Gasteiger partial charge in [0, 0.05) is 33.8 Å². The molecule has 2 heterocycles. The number of Topliss-reactive ketones (excluding diaryl/α,β-unsaturated/α-hetero) is 1. The second-order valence-corrected chi connectivity index (χ2v) is 10.4. The van der Waals surface area contributed by atoms with Crippen molar-refractivity contribution >= 4 is 39.0 Å². The number of hydrogen-bond donors (Lipinski definition) is 0. The van der Waals surface area contributed by atoms with E-state index in [-0.39, 0.29) is 23.3 Å². The highest BCUT2D eigenvalue weighted by atomic mass is 35.5. The molecule has 0 saturated carbocycles. The fourth-order valence-electron chi connectivity index (χ4n) is 3.52. The van der Waals surface area contributed by atoms with Gasteiger partial charge >= 0.3 is 0 Å². The molecule has 0 radical (unpaired) electrons. The Bertz CT molecular complexity index is 917. The molecular weight excluding hydrogens is 390 g/mol. The molecule has 7 heteroatoms. The summed E-state index contributed by atoms with van der Waals surface area (Å²) in [6.07, 6.45) is 0.623. The van der Waals surface area contributed by atoms with E-state index in [2.05, 4.69) is 0 Å². The van der Waals surface area contributed by atoms with Crippen molar-refractivity contribution < 1.29 is 13.2 Å². The average molecular weight is 412 g/mol. The summed E-state index contributed by atoms with van der Waals surface area (Å²) in [4.78, 5) is 12.6. The molecule has 1 aromatic carbocycles. The maximum atomic E-state index is 12.6. The van der Waals surface area contributed by atoms with E-state index in [9.17, 15) is 13.2 Å². The van der Waals surface area contributed by atoms with Crippen LogP contribution in [0.1, 0.15) is 39.8 Å². The first-order chi connectivity index (χ1) is 12.3. The van der Waals surface area contributed by atoms with Gasteiger partial charge in [-0.1, -0.05) is 23.7 Å². The number of nitrogens with zero attached hydrogens (tertiary/aromatic N) is 1. The molecule has 26 heavy (non-hydrogen) atoms. The maximum Gasteiger partial charge on any atom is 0.174 e. The van der Waals surface area contributed by atoms with Gasteiger partial charge in [0.25, 0.3) is 0 Å². The van der Waals surface area contributed by atoms with E-state index >= 15 is 0 Å². The zero-order valence-corrected chi connectivity index (χ0v) is 17.3. The standard InChI is InChI=1S/C19H22ClNO3S2/c1-13-9-18(14(2)21(13)17-7-8-26(23,24)12-17)19(22)11-25-10-15-3-5-16(20)6-4-15/h3-6,9,17H,7-8,10-12H2,1-2H3/t17-/m0/s1. The molecule has 1 aromatic heterocycles. The third kappa shape index (κ3) is 4.35. The highest BCUT2D eigenvalue weighted by Gasteiger charge is 2.31. The van der Waals surface area contributed by atoms with Gasteiger partial charge in [-0.25, -0.2) is 8.42 Å². The zero-order chi connectivity index (χ0) is 18.9. The molecule has 0 unspecified atom stereocenters. The number of thioether (sulfide) groups is 1. The number of carbonyl (C=O) groups is 1. The van der Waals surface area contributed by atoms with Gasteiger partial charge in [0.05, 0.1) is 17.3 Å². The predicted molar refractivity (Wildman–Crippen MR) is 108 cm³/mol. The summed E-state index contributed by atoms with van der Waals surface area (Å²) in [6, 6.07) is 9.47. The number of aryl methyl sites for hydroxylation is 1. The second-order valence-electron chi connectivity index (χ2n) is 6.75. The number of ketones is 1. The van der Waals surface area contributed by atoms with Crippen LogP contribution in [0, 0.1) is 13.8 Å². The van der Waals surface area contributed by atoms with E-state index in [0.717, 1.165) is 22.7 Å². The zero-order valence-electron chi connectivity index (χ0n) is 14.9. The Morgan fingerprint density at radius 1 is 1.27 bits per heavy atom. The van der Waals surface area contributed by atoms with Crippen molar-refractivity contribution in [2.45, 2.75) is 32.1 Å². The van der Waals surface area contributed by atoms with Crippen molar-refractivity contribution in [3.05, 3.63) is 57.9 Å². The largest absolute Gasteiger partial charge is 0.344 e. The Kier molecular flexibility index (Phi) is 5.85. The summed E-state index contributed by atoms with van der Waals surface area (Å²) in [7, 11) is -2.96. The van der Waals surface area contributed by atoms with Crippen molar-refractivity contribution in [1.82, 2.24) is 4.57 Å². The van der Waals surface area contributed by atoms with Gasteiger partial charge in [-0.15, -0.1) is 11.8 Å². The van der Waals surface area contributed by atoms with Crippen molar-refractivity contribution in [2.24, 2.45) is 0 Å². The van der Waals surface area contributed by atoms with Gasteiger partial charge in [-0.3, -0.25) is 4.79 Å². The van der Waals surface area contributed by atoms with Crippen LogP contribution < -0.4 is 0 Å².